The van der Waals surface area contributed by atoms with Crippen molar-refractivity contribution in [2.75, 3.05) is 0 Å². The first kappa shape index (κ1) is 14.7. The van der Waals surface area contributed by atoms with Gasteiger partial charge in [0.25, 0.3) is 0 Å². The van der Waals surface area contributed by atoms with Gasteiger partial charge in [-0.1, -0.05) is 12.2 Å². The summed E-state index contributed by atoms with van der Waals surface area (Å²) < 4.78 is 5.20. The second-order valence-corrected chi connectivity index (χ2v) is 6.01. The second-order valence-electron chi connectivity index (χ2n) is 6.01. The number of rotatable bonds is 3. The van der Waals surface area contributed by atoms with E-state index in [4.69, 9.17) is 4.74 Å². The highest BCUT2D eigenvalue weighted by Gasteiger charge is 2.36. The number of allylic oxidation sites excluding steroid dienone is 2. The Kier molecular flexibility index (Phi) is 4.54. The maximum atomic E-state index is 11.8. The van der Waals surface area contributed by atoms with Gasteiger partial charge in [0, 0.05) is 0 Å². The van der Waals surface area contributed by atoms with E-state index in [2.05, 4.69) is 17.5 Å². The summed E-state index contributed by atoms with van der Waals surface area (Å²) in [5, 5.41) is 2.71. The summed E-state index contributed by atoms with van der Waals surface area (Å²) >= 11 is 0. The first-order chi connectivity index (χ1) is 8.27. The van der Waals surface area contributed by atoms with Crippen molar-refractivity contribution in [1.82, 2.24) is 5.32 Å². The van der Waals surface area contributed by atoms with Gasteiger partial charge >= 0.3 is 6.09 Å². The van der Waals surface area contributed by atoms with Gasteiger partial charge in [-0.15, -0.1) is 0 Å². The lowest BCUT2D eigenvalue weighted by molar-refractivity contribution is -0.115. The van der Waals surface area contributed by atoms with Gasteiger partial charge in [-0.3, -0.25) is 0 Å². The van der Waals surface area contributed by atoms with E-state index in [1.807, 2.05) is 0 Å². The molecule has 18 heavy (non-hydrogen) atoms. The molecule has 4 nitrogen and oxygen atoms in total. The molecule has 4 heteroatoms. The van der Waals surface area contributed by atoms with Crippen molar-refractivity contribution in [3.63, 3.8) is 0 Å². The molecular weight excluding hydrogens is 230 g/mol. The van der Waals surface area contributed by atoms with Crippen molar-refractivity contribution >= 4 is 12.4 Å². The third kappa shape index (κ3) is 4.17. The molecule has 1 amide bonds. The van der Waals surface area contributed by atoms with E-state index in [1.165, 1.54) is 0 Å². The Labute approximate surface area is 109 Å². The van der Waals surface area contributed by atoms with E-state index in [0.717, 1.165) is 25.5 Å². The lowest BCUT2D eigenvalue weighted by atomic mass is 9.79. The summed E-state index contributed by atoms with van der Waals surface area (Å²) in [7, 11) is 0. The average Bonchev–Trinajstić information content (AvgIpc) is 2.27. The minimum absolute atomic E-state index is 0.132. The molecule has 0 fully saturated rings. The fourth-order valence-electron chi connectivity index (χ4n) is 2.09. The molecule has 1 N–H and O–H groups in total. The summed E-state index contributed by atoms with van der Waals surface area (Å²) in [5.41, 5.74) is -1.41. The third-order valence-electron chi connectivity index (χ3n) is 3.13. The SMILES string of the molecule is CC(C)(C)OC(=O)NC(C)(C=O)C1CC=CCC1. The minimum atomic E-state index is -0.854. The normalized spacial score (nSPS) is 23.0. The number of amides is 1. The Morgan fingerprint density at radius 3 is 2.44 bits per heavy atom. The van der Waals surface area contributed by atoms with Crippen LogP contribution in [0.2, 0.25) is 0 Å². The van der Waals surface area contributed by atoms with Crippen LogP contribution in [0.3, 0.4) is 0 Å². The average molecular weight is 253 g/mol. The van der Waals surface area contributed by atoms with E-state index in [1.54, 1.807) is 27.7 Å². The van der Waals surface area contributed by atoms with Crippen molar-refractivity contribution in [2.45, 2.75) is 58.1 Å². The maximum absolute atomic E-state index is 11.8. The molecule has 1 aliphatic rings. The highest BCUT2D eigenvalue weighted by molar-refractivity contribution is 5.76. The van der Waals surface area contributed by atoms with Crippen molar-refractivity contribution < 1.29 is 14.3 Å². The van der Waals surface area contributed by atoms with Crippen LogP contribution in [0, 0.1) is 5.92 Å². The van der Waals surface area contributed by atoms with Crippen LogP contribution in [-0.2, 0) is 9.53 Å². The van der Waals surface area contributed by atoms with E-state index in [-0.39, 0.29) is 5.92 Å². The van der Waals surface area contributed by atoms with Gasteiger partial charge in [-0.25, -0.2) is 4.79 Å². The van der Waals surface area contributed by atoms with E-state index < -0.39 is 17.2 Å². The zero-order valence-corrected chi connectivity index (χ0v) is 11.7. The standard InChI is InChI=1S/C14H23NO3/c1-13(2,3)18-12(17)15-14(4,10-16)11-8-6-5-7-9-11/h5-6,10-11H,7-9H2,1-4H3,(H,15,17). The number of nitrogens with one attached hydrogen (secondary N) is 1. The summed E-state index contributed by atoms with van der Waals surface area (Å²) in [6.07, 6.45) is 7.12. The van der Waals surface area contributed by atoms with E-state index in [9.17, 15) is 9.59 Å². The van der Waals surface area contributed by atoms with Crippen LogP contribution in [0.15, 0.2) is 12.2 Å². The molecule has 0 radical (unpaired) electrons. The highest BCUT2D eigenvalue weighted by atomic mass is 16.6. The Bertz CT molecular complexity index is 343. The van der Waals surface area contributed by atoms with Gasteiger partial charge < -0.3 is 14.8 Å². The van der Waals surface area contributed by atoms with Crippen LogP contribution in [0.4, 0.5) is 4.79 Å². The van der Waals surface area contributed by atoms with Gasteiger partial charge in [0.2, 0.25) is 0 Å². The highest BCUT2D eigenvalue weighted by Crippen LogP contribution is 2.28. The topological polar surface area (TPSA) is 55.4 Å². The maximum Gasteiger partial charge on any atom is 0.408 e. The van der Waals surface area contributed by atoms with Crippen LogP contribution in [0.25, 0.3) is 0 Å². The summed E-state index contributed by atoms with van der Waals surface area (Å²) in [6.45, 7) is 7.16. The van der Waals surface area contributed by atoms with Gasteiger partial charge in [-0.2, -0.15) is 0 Å². The van der Waals surface area contributed by atoms with Crippen LogP contribution in [0.5, 0.6) is 0 Å². The summed E-state index contributed by atoms with van der Waals surface area (Å²) in [6, 6.07) is 0. The molecule has 2 unspecified atom stereocenters. The number of hydrogen-bond acceptors (Lipinski definition) is 3. The molecule has 0 aliphatic heterocycles. The molecule has 1 rings (SSSR count). The van der Waals surface area contributed by atoms with Crippen molar-refractivity contribution in [1.29, 1.82) is 0 Å². The number of aldehydes is 1. The molecule has 0 saturated heterocycles. The smallest absolute Gasteiger partial charge is 0.408 e. The van der Waals surface area contributed by atoms with Crippen molar-refractivity contribution in [2.24, 2.45) is 5.92 Å². The quantitative estimate of drug-likeness (QED) is 0.621. The number of carbonyl (C=O) groups is 2. The fraction of sp³-hybridized carbons (Fsp3) is 0.714. The minimum Gasteiger partial charge on any atom is -0.444 e. The summed E-state index contributed by atoms with van der Waals surface area (Å²) in [4.78, 5) is 23.1. The van der Waals surface area contributed by atoms with Crippen molar-refractivity contribution in [3.8, 4) is 0 Å². The van der Waals surface area contributed by atoms with Crippen LogP contribution >= 0.6 is 0 Å². The van der Waals surface area contributed by atoms with E-state index >= 15 is 0 Å². The Morgan fingerprint density at radius 2 is 2.00 bits per heavy atom. The van der Waals surface area contributed by atoms with Crippen LogP contribution in [-0.4, -0.2) is 23.5 Å². The molecule has 2 atom stereocenters. The lowest BCUT2D eigenvalue weighted by Gasteiger charge is -2.35. The molecule has 0 aromatic rings. The second kappa shape index (κ2) is 5.55. The fourth-order valence-corrected chi connectivity index (χ4v) is 2.09. The molecule has 0 spiro atoms. The number of hydrogen-bond donors (Lipinski definition) is 1. The molecule has 0 saturated carbocycles. The van der Waals surface area contributed by atoms with E-state index in [0.29, 0.717) is 0 Å². The Morgan fingerprint density at radius 1 is 1.33 bits per heavy atom. The Hall–Kier alpha value is -1.32. The number of carbonyl (C=O) groups excluding carboxylic acids is 2. The van der Waals surface area contributed by atoms with Gasteiger partial charge in [0.05, 0.1) is 5.54 Å². The van der Waals surface area contributed by atoms with Crippen LogP contribution < -0.4 is 5.32 Å². The van der Waals surface area contributed by atoms with Crippen LogP contribution in [0.1, 0.15) is 47.0 Å². The predicted molar refractivity (Wildman–Crippen MR) is 70.3 cm³/mol. The molecule has 102 valence electrons. The predicted octanol–water partition coefficient (Wildman–Crippen LogP) is 2.83. The largest absolute Gasteiger partial charge is 0.444 e. The first-order valence-electron chi connectivity index (χ1n) is 6.39. The monoisotopic (exact) mass is 253 g/mol. The number of alkyl carbamates (subject to hydrolysis) is 1. The molecule has 0 bridgehead atoms. The zero-order valence-electron chi connectivity index (χ0n) is 11.7. The molecule has 0 aromatic carbocycles. The van der Waals surface area contributed by atoms with Gasteiger partial charge in [-0.05, 0) is 52.9 Å². The molecule has 0 aromatic heterocycles. The Balaban J connectivity index is 2.67. The molecule has 1 aliphatic carbocycles. The molecule has 0 heterocycles. The number of ether oxygens (including phenoxy) is 1. The zero-order chi connectivity index (χ0) is 13.8. The third-order valence-corrected chi connectivity index (χ3v) is 3.13. The summed E-state index contributed by atoms with van der Waals surface area (Å²) in [5.74, 6) is 0.132. The van der Waals surface area contributed by atoms with Gasteiger partial charge in [0.15, 0.2) is 0 Å². The first-order valence-corrected chi connectivity index (χ1v) is 6.39. The van der Waals surface area contributed by atoms with Crippen molar-refractivity contribution in [3.05, 3.63) is 12.2 Å². The molecular formula is C14H23NO3. The van der Waals surface area contributed by atoms with Gasteiger partial charge in [0.1, 0.15) is 11.9 Å². The lowest BCUT2D eigenvalue weighted by Crippen LogP contribution is -2.54.